The summed E-state index contributed by atoms with van der Waals surface area (Å²) in [6.45, 7) is 5.46. The Morgan fingerprint density at radius 2 is 2.27 bits per heavy atom. The van der Waals surface area contributed by atoms with Crippen LogP contribution in [-0.2, 0) is 6.42 Å². The molecular formula is C13H17NO. The molecule has 0 bridgehead atoms. The van der Waals surface area contributed by atoms with E-state index in [2.05, 4.69) is 25.2 Å². The lowest BCUT2D eigenvalue weighted by atomic mass is 9.87. The van der Waals surface area contributed by atoms with Crippen molar-refractivity contribution in [3.05, 3.63) is 34.9 Å². The van der Waals surface area contributed by atoms with Gasteiger partial charge in [-0.25, -0.2) is 0 Å². The number of carbonyl (C=O) groups excluding carboxylic acids is 1. The molecule has 15 heavy (non-hydrogen) atoms. The number of rotatable bonds is 2. The number of aldehydes is 1. The Bertz CT molecular complexity index is 371. The first-order chi connectivity index (χ1) is 7.22. The monoisotopic (exact) mass is 203 g/mol. The number of hydrogen-bond acceptors (Lipinski definition) is 2. The first kappa shape index (κ1) is 10.4. The van der Waals surface area contributed by atoms with Gasteiger partial charge in [0.25, 0.3) is 0 Å². The lowest BCUT2D eigenvalue weighted by molar-refractivity contribution is 0.112. The second-order valence-electron chi connectivity index (χ2n) is 4.50. The fourth-order valence-corrected chi connectivity index (χ4v) is 2.27. The number of benzene rings is 1. The SMILES string of the molecule is CC(C)C1NCCc2ccc(C=O)cc21. The van der Waals surface area contributed by atoms with Gasteiger partial charge in [0.2, 0.25) is 0 Å². The third-order valence-corrected chi connectivity index (χ3v) is 3.07. The molecule has 0 aliphatic carbocycles. The fourth-order valence-electron chi connectivity index (χ4n) is 2.27. The van der Waals surface area contributed by atoms with Gasteiger partial charge in [-0.05, 0) is 36.1 Å². The van der Waals surface area contributed by atoms with E-state index in [9.17, 15) is 4.79 Å². The van der Waals surface area contributed by atoms with Crippen molar-refractivity contribution < 1.29 is 4.79 Å². The summed E-state index contributed by atoms with van der Waals surface area (Å²) < 4.78 is 0. The van der Waals surface area contributed by atoms with E-state index in [0.29, 0.717) is 12.0 Å². The van der Waals surface area contributed by atoms with Crippen LogP contribution < -0.4 is 5.32 Å². The third-order valence-electron chi connectivity index (χ3n) is 3.07. The van der Waals surface area contributed by atoms with Crippen LogP contribution in [0.4, 0.5) is 0 Å². The molecule has 0 amide bonds. The molecule has 1 atom stereocenters. The maximum Gasteiger partial charge on any atom is 0.150 e. The Kier molecular flexibility index (Phi) is 2.87. The molecule has 1 N–H and O–H groups in total. The molecule has 0 spiro atoms. The van der Waals surface area contributed by atoms with Crippen molar-refractivity contribution >= 4 is 6.29 Å². The number of fused-ring (bicyclic) bond motifs is 1. The molecule has 2 nitrogen and oxygen atoms in total. The van der Waals surface area contributed by atoms with E-state index < -0.39 is 0 Å². The van der Waals surface area contributed by atoms with Crippen LogP contribution in [0.1, 0.15) is 41.4 Å². The summed E-state index contributed by atoms with van der Waals surface area (Å²) in [5, 5.41) is 3.51. The highest BCUT2D eigenvalue weighted by molar-refractivity contribution is 5.75. The van der Waals surface area contributed by atoms with E-state index >= 15 is 0 Å². The highest BCUT2D eigenvalue weighted by atomic mass is 16.1. The van der Waals surface area contributed by atoms with Gasteiger partial charge < -0.3 is 5.32 Å². The average molecular weight is 203 g/mol. The van der Waals surface area contributed by atoms with Gasteiger partial charge in [-0.15, -0.1) is 0 Å². The van der Waals surface area contributed by atoms with Gasteiger partial charge >= 0.3 is 0 Å². The first-order valence-electron chi connectivity index (χ1n) is 5.53. The standard InChI is InChI=1S/C13H17NO/c1-9(2)13-12-7-10(8-15)3-4-11(12)5-6-14-13/h3-4,7-9,13-14H,5-6H2,1-2H3. The zero-order valence-corrected chi connectivity index (χ0v) is 9.29. The molecule has 1 aromatic rings. The Hall–Kier alpha value is -1.15. The van der Waals surface area contributed by atoms with Gasteiger partial charge in [-0.1, -0.05) is 26.0 Å². The zero-order valence-electron chi connectivity index (χ0n) is 9.29. The molecule has 2 rings (SSSR count). The van der Waals surface area contributed by atoms with Gasteiger partial charge in [0, 0.05) is 11.6 Å². The molecule has 1 aliphatic rings. The quantitative estimate of drug-likeness (QED) is 0.747. The molecule has 0 saturated carbocycles. The minimum atomic E-state index is 0.397. The Morgan fingerprint density at radius 3 is 2.93 bits per heavy atom. The highest BCUT2D eigenvalue weighted by Crippen LogP contribution is 2.28. The maximum atomic E-state index is 10.7. The van der Waals surface area contributed by atoms with Gasteiger partial charge in [-0.3, -0.25) is 4.79 Å². The summed E-state index contributed by atoms with van der Waals surface area (Å²) in [5.74, 6) is 0.561. The van der Waals surface area contributed by atoms with Crippen molar-refractivity contribution in [2.24, 2.45) is 5.92 Å². The molecule has 1 aliphatic heterocycles. The fraction of sp³-hybridized carbons (Fsp3) is 0.462. The summed E-state index contributed by atoms with van der Waals surface area (Å²) in [5.41, 5.74) is 3.47. The summed E-state index contributed by atoms with van der Waals surface area (Å²) in [7, 11) is 0. The van der Waals surface area contributed by atoms with Crippen molar-refractivity contribution in [3.8, 4) is 0 Å². The third kappa shape index (κ3) is 1.95. The van der Waals surface area contributed by atoms with Crippen molar-refractivity contribution in [1.82, 2.24) is 5.32 Å². The molecule has 0 radical (unpaired) electrons. The molecule has 1 heterocycles. The molecule has 80 valence electrons. The van der Waals surface area contributed by atoms with Crippen LogP contribution in [0.5, 0.6) is 0 Å². The van der Waals surface area contributed by atoms with Crippen LogP contribution >= 0.6 is 0 Å². The Labute approximate surface area is 90.7 Å². The van der Waals surface area contributed by atoms with E-state index in [-0.39, 0.29) is 0 Å². The second kappa shape index (κ2) is 4.15. The van der Waals surface area contributed by atoms with E-state index in [1.54, 1.807) is 0 Å². The number of nitrogens with one attached hydrogen (secondary N) is 1. The largest absolute Gasteiger partial charge is 0.309 e. The summed E-state index contributed by atoms with van der Waals surface area (Å²) in [6, 6.07) is 6.43. The lowest BCUT2D eigenvalue weighted by Gasteiger charge is -2.30. The lowest BCUT2D eigenvalue weighted by Crippen LogP contribution is -2.33. The van der Waals surface area contributed by atoms with Crippen LogP contribution in [-0.4, -0.2) is 12.8 Å². The van der Waals surface area contributed by atoms with Crippen LogP contribution in [0.2, 0.25) is 0 Å². The molecule has 1 unspecified atom stereocenters. The number of carbonyl (C=O) groups is 1. The van der Waals surface area contributed by atoms with Crippen LogP contribution in [0, 0.1) is 5.92 Å². The Morgan fingerprint density at radius 1 is 1.47 bits per heavy atom. The van der Waals surface area contributed by atoms with Crippen LogP contribution in [0.15, 0.2) is 18.2 Å². The predicted molar refractivity (Wildman–Crippen MR) is 61.1 cm³/mol. The minimum Gasteiger partial charge on any atom is -0.309 e. The average Bonchev–Trinajstić information content (AvgIpc) is 2.27. The van der Waals surface area contributed by atoms with E-state index in [1.165, 1.54) is 11.1 Å². The minimum absolute atomic E-state index is 0.397. The van der Waals surface area contributed by atoms with Crippen molar-refractivity contribution in [1.29, 1.82) is 0 Å². The van der Waals surface area contributed by atoms with Gasteiger partial charge in [0.05, 0.1) is 0 Å². The second-order valence-corrected chi connectivity index (χ2v) is 4.50. The van der Waals surface area contributed by atoms with E-state index in [4.69, 9.17) is 0 Å². The molecule has 0 aromatic heterocycles. The van der Waals surface area contributed by atoms with Gasteiger partial charge in [-0.2, -0.15) is 0 Å². The normalized spacial score (nSPS) is 20.1. The Balaban J connectivity index is 2.43. The molecule has 0 saturated heterocycles. The first-order valence-corrected chi connectivity index (χ1v) is 5.53. The smallest absolute Gasteiger partial charge is 0.150 e. The number of hydrogen-bond donors (Lipinski definition) is 1. The topological polar surface area (TPSA) is 29.1 Å². The molecule has 1 aromatic carbocycles. The maximum absolute atomic E-state index is 10.7. The highest BCUT2D eigenvalue weighted by Gasteiger charge is 2.22. The van der Waals surface area contributed by atoms with E-state index in [1.807, 2.05) is 12.1 Å². The van der Waals surface area contributed by atoms with Crippen molar-refractivity contribution in [2.45, 2.75) is 26.3 Å². The van der Waals surface area contributed by atoms with Gasteiger partial charge in [0.1, 0.15) is 6.29 Å². The van der Waals surface area contributed by atoms with Crippen molar-refractivity contribution in [2.75, 3.05) is 6.54 Å². The zero-order chi connectivity index (χ0) is 10.8. The summed E-state index contributed by atoms with van der Waals surface area (Å²) >= 11 is 0. The molecular weight excluding hydrogens is 186 g/mol. The predicted octanol–water partition coefficient (Wildman–Crippen LogP) is 2.34. The van der Waals surface area contributed by atoms with Crippen LogP contribution in [0.25, 0.3) is 0 Å². The van der Waals surface area contributed by atoms with E-state index in [0.717, 1.165) is 24.8 Å². The van der Waals surface area contributed by atoms with Gasteiger partial charge in [0.15, 0.2) is 0 Å². The molecule has 2 heteroatoms. The molecule has 0 fully saturated rings. The summed E-state index contributed by atoms with van der Waals surface area (Å²) in [4.78, 5) is 10.7. The van der Waals surface area contributed by atoms with Crippen LogP contribution in [0.3, 0.4) is 0 Å². The van der Waals surface area contributed by atoms with Crippen molar-refractivity contribution in [3.63, 3.8) is 0 Å². The summed E-state index contributed by atoms with van der Waals surface area (Å²) in [6.07, 6.45) is 1.99.